The average molecular weight is 534 g/mol. The van der Waals surface area contributed by atoms with Crippen LogP contribution in [0.1, 0.15) is 22.3 Å². The molecule has 0 bridgehead atoms. The predicted octanol–water partition coefficient (Wildman–Crippen LogP) is 7.31. The second kappa shape index (κ2) is 12.0. The Morgan fingerprint density at radius 1 is 0.526 bits per heavy atom. The van der Waals surface area contributed by atoms with E-state index in [1.54, 1.807) is 0 Å². The molecule has 198 valence electrons. The van der Waals surface area contributed by atoms with Gasteiger partial charge in [0.25, 0.3) is 0 Å². The Bertz CT molecular complexity index is 1200. The third kappa shape index (κ3) is 8.73. The van der Waals surface area contributed by atoms with Crippen LogP contribution >= 0.6 is 0 Å². The molecule has 4 N–H and O–H groups in total. The molecule has 4 amide bonds. The van der Waals surface area contributed by atoms with E-state index in [2.05, 4.69) is 21.3 Å². The van der Waals surface area contributed by atoms with Crippen LogP contribution in [0.2, 0.25) is 0 Å². The first kappa shape index (κ1) is 27.8. The molecule has 38 heavy (non-hydrogen) atoms. The molecule has 0 radical (unpaired) electrons. The Hall–Kier alpha value is -4.74. The Morgan fingerprint density at radius 3 is 1.13 bits per heavy atom. The lowest BCUT2D eigenvalue weighted by Gasteiger charge is -2.08. The van der Waals surface area contributed by atoms with Gasteiger partial charge in [-0.25, -0.2) is 9.59 Å². The van der Waals surface area contributed by atoms with Crippen molar-refractivity contribution in [1.82, 2.24) is 10.6 Å². The van der Waals surface area contributed by atoms with Crippen LogP contribution in [-0.4, -0.2) is 12.1 Å². The molecule has 12 heteroatoms. The van der Waals surface area contributed by atoms with Crippen molar-refractivity contribution < 1.29 is 35.9 Å². The molecule has 3 aromatic rings. The average Bonchev–Trinajstić information content (AvgIpc) is 2.85. The zero-order valence-corrected chi connectivity index (χ0v) is 19.3. The summed E-state index contributed by atoms with van der Waals surface area (Å²) in [7, 11) is 0. The topological polar surface area (TPSA) is 82.3 Å². The Labute approximate surface area is 213 Å². The molecule has 0 unspecified atom stereocenters. The summed E-state index contributed by atoms with van der Waals surface area (Å²) < 4.78 is 75.5. The van der Waals surface area contributed by atoms with Gasteiger partial charge in [-0.15, -0.1) is 0 Å². The summed E-state index contributed by atoms with van der Waals surface area (Å²) in [5.74, 6) is 0. The van der Waals surface area contributed by atoms with Crippen LogP contribution in [-0.2, 0) is 12.4 Å². The molecule has 3 rings (SSSR count). The van der Waals surface area contributed by atoms with E-state index in [1.165, 1.54) is 73.1 Å². The number of urea groups is 2. The van der Waals surface area contributed by atoms with E-state index >= 15 is 0 Å². The summed E-state index contributed by atoms with van der Waals surface area (Å²) in [5, 5.41) is 9.93. The van der Waals surface area contributed by atoms with Gasteiger partial charge in [-0.1, -0.05) is 24.3 Å². The lowest BCUT2D eigenvalue weighted by atomic mass is 10.1. The van der Waals surface area contributed by atoms with Crippen molar-refractivity contribution in [3.8, 4) is 0 Å². The van der Waals surface area contributed by atoms with Gasteiger partial charge in [-0.3, -0.25) is 0 Å². The van der Waals surface area contributed by atoms with Crippen LogP contribution in [0.25, 0.3) is 12.2 Å². The number of anilines is 2. The van der Waals surface area contributed by atoms with Gasteiger partial charge in [0.05, 0.1) is 11.1 Å². The van der Waals surface area contributed by atoms with E-state index in [4.69, 9.17) is 0 Å². The van der Waals surface area contributed by atoms with Crippen LogP contribution in [0.15, 0.2) is 85.2 Å². The molecule has 6 nitrogen and oxygen atoms in total. The second-order valence-electron chi connectivity index (χ2n) is 7.68. The summed E-state index contributed by atoms with van der Waals surface area (Å²) in [6, 6.07) is 13.7. The summed E-state index contributed by atoms with van der Waals surface area (Å²) in [6.07, 6.45) is -3.45. The van der Waals surface area contributed by atoms with Gasteiger partial charge >= 0.3 is 24.4 Å². The van der Waals surface area contributed by atoms with Crippen LogP contribution in [0.3, 0.4) is 0 Å². The number of carbonyl (C=O) groups excluding carboxylic acids is 2. The van der Waals surface area contributed by atoms with Crippen molar-refractivity contribution >= 4 is 35.6 Å². The SMILES string of the molecule is O=C(N/C=C/c1ccc(C(F)(F)F)cc1)Nc1ccc(NC(=O)N/C=C/c2ccc(C(F)(F)F)cc2)cc1. The van der Waals surface area contributed by atoms with E-state index in [0.29, 0.717) is 22.5 Å². The summed E-state index contributed by atoms with van der Waals surface area (Å²) in [5.41, 5.74) is 0.176. The molecule has 0 saturated heterocycles. The molecule has 0 aromatic heterocycles. The number of amides is 4. The predicted molar refractivity (Wildman–Crippen MR) is 132 cm³/mol. The minimum atomic E-state index is -4.43. The number of hydrogen-bond acceptors (Lipinski definition) is 2. The first-order valence-electron chi connectivity index (χ1n) is 10.8. The highest BCUT2D eigenvalue weighted by Crippen LogP contribution is 2.30. The quantitative estimate of drug-likeness (QED) is 0.250. The van der Waals surface area contributed by atoms with E-state index in [-0.39, 0.29) is 0 Å². The number of rotatable bonds is 6. The minimum Gasteiger partial charge on any atom is -0.314 e. The molecule has 0 atom stereocenters. The maximum atomic E-state index is 12.6. The lowest BCUT2D eigenvalue weighted by molar-refractivity contribution is -0.138. The Kier molecular flexibility index (Phi) is 8.79. The summed E-state index contributed by atoms with van der Waals surface area (Å²) in [4.78, 5) is 24.0. The van der Waals surface area contributed by atoms with Crippen LogP contribution < -0.4 is 21.3 Å². The van der Waals surface area contributed by atoms with Gasteiger partial charge in [0.15, 0.2) is 0 Å². The van der Waals surface area contributed by atoms with Crippen molar-refractivity contribution in [2.75, 3.05) is 10.6 Å². The number of halogens is 6. The van der Waals surface area contributed by atoms with E-state index in [0.717, 1.165) is 24.3 Å². The van der Waals surface area contributed by atoms with Crippen molar-refractivity contribution in [2.45, 2.75) is 12.4 Å². The highest BCUT2D eigenvalue weighted by Gasteiger charge is 2.30. The molecule has 0 fully saturated rings. The lowest BCUT2D eigenvalue weighted by Crippen LogP contribution is -2.24. The monoisotopic (exact) mass is 534 g/mol. The largest absolute Gasteiger partial charge is 0.416 e. The molecule has 0 saturated carbocycles. The normalized spacial score (nSPS) is 11.9. The van der Waals surface area contributed by atoms with Crippen molar-refractivity contribution in [3.05, 3.63) is 107 Å². The van der Waals surface area contributed by atoms with Gasteiger partial charge in [0.1, 0.15) is 0 Å². The van der Waals surface area contributed by atoms with E-state index in [9.17, 15) is 35.9 Å². The first-order valence-corrected chi connectivity index (χ1v) is 10.8. The maximum absolute atomic E-state index is 12.6. The smallest absolute Gasteiger partial charge is 0.314 e. The number of benzene rings is 3. The standard InChI is InChI=1S/C26H20F6N4O2/c27-25(28,29)19-5-1-17(2-6-19)13-15-33-23(37)35-21-9-11-22(12-10-21)36-24(38)34-16-14-18-3-7-20(8-4-18)26(30,31)32/h1-16H,(H2,33,35,37)(H2,34,36,38)/b15-13+,16-14+. The van der Waals surface area contributed by atoms with Crippen LogP contribution in [0.4, 0.5) is 47.3 Å². The molecule has 3 aromatic carbocycles. The number of hydrogen-bond donors (Lipinski definition) is 4. The van der Waals surface area contributed by atoms with Gasteiger partial charge < -0.3 is 21.3 Å². The summed E-state index contributed by atoms with van der Waals surface area (Å²) in [6.45, 7) is 0. The van der Waals surface area contributed by atoms with Gasteiger partial charge in [-0.05, 0) is 71.8 Å². The fourth-order valence-electron chi connectivity index (χ4n) is 2.96. The molecule has 0 heterocycles. The highest BCUT2D eigenvalue weighted by molar-refractivity contribution is 5.92. The molecule has 0 aliphatic heterocycles. The minimum absolute atomic E-state index is 0.401. The van der Waals surface area contributed by atoms with E-state index < -0.39 is 35.5 Å². The van der Waals surface area contributed by atoms with Crippen molar-refractivity contribution in [3.63, 3.8) is 0 Å². The van der Waals surface area contributed by atoms with E-state index in [1.807, 2.05) is 0 Å². The molecule has 0 spiro atoms. The van der Waals surface area contributed by atoms with Crippen LogP contribution in [0.5, 0.6) is 0 Å². The fourth-order valence-corrected chi connectivity index (χ4v) is 2.96. The van der Waals surface area contributed by atoms with Gasteiger partial charge in [-0.2, -0.15) is 26.3 Å². The maximum Gasteiger partial charge on any atom is 0.416 e. The van der Waals surface area contributed by atoms with Gasteiger partial charge in [0, 0.05) is 23.8 Å². The summed E-state index contributed by atoms with van der Waals surface area (Å²) >= 11 is 0. The van der Waals surface area contributed by atoms with Crippen molar-refractivity contribution in [1.29, 1.82) is 0 Å². The molecular weight excluding hydrogens is 514 g/mol. The number of nitrogens with one attached hydrogen (secondary N) is 4. The third-order valence-corrected chi connectivity index (χ3v) is 4.86. The highest BCUT2D eigenvalue weighted by atomic mass is 19.4. The number of alkyl halides is 6. The molecule has 0 aliphatic carbocycles. The first-order chi connectivity index (χ1) is 17.9. The second-order valence-corrected chi connectivity index (χ2v) is 7.68. The zero-order chi connectivity index (χ0) is 27.8. The Balaban J connectivity index is 1.42. The molecular formula is C26H20F6N4O2. The zero-order valence-electron chi connectivity index (χ0n) is 19.3. The van der Waals surface area contributed by atoms with Gasteiger partial charge in [0.2, 0.25) is 0 Å². The number of carbonyl (C=O) groups is 2. The van der Waals surface area contributed by atoms with Crippen LogP contribution in [0, 0.1) is 0 Å². The Morgan fingerprint density at radius 2 is 0.842 bits per heavy atom. The van der Waals surface area contributed by atoms with Crippen molar-refractivity contribution in [2.24, 2.45) is 0 Å². The molecule has 0 aliphatic rings. The fraction of sp³-hybridized carbons (Fsp3) is 0.0769. The third-order valence-electron chi connectivity index (χ3n) is 4.86.